The van der Waals surface area contributed by atoms with Gasteiger partial charge in [-0.3, -0.25) is 4.68 Å². The minimum Gasteiger partial charge on any atom is -0.469 e. The van der Waals surface area contributed by atoms with Crippen LogP contribution in [0.5, 0.6) is 0 Å². The number of nitrogens with one attached hydrogen (secondary N) is 1. The second-order valence-corrected chi connectivity index (χ2v) is 4.50. The molecule has 0 saturated heterocycles. The van der Waals surface area contributed by atoms with Crippen molar-refractivity contribution in [2.45, 2.75) is 38.8 Å². The van der Waals surface area contributed by atoms with Crippen molar-refractivity contribution in [3.63, 3.8) is 0 Å². The first-order valence-corrected chi connectivity index (χ1v) is 6.55. The number of hydrogen-bond donors (Lipinski definition) is 1. The fraction of sp³-hybridized carbons (Fsp3) is 0.500. The van der Waals surface area contributed by atoms with Crippen LogP contribution in [0.25, 0.3) is 0 Å². The number of nitrogens with zero attached hydrogens (tertiary/aromatic N) is 2. The van der Waals surface area contributed by atoms with Gasteiger partial charge >= 0.3 is 0 Å². The number of rotatable bonds is 7. The number of hydrogen-bond acceptors (Lipinski definition) is 3. The van der Waals surface area contributed by atoms with E-state index in [1.54, 1.807) is 6.26 Å². The van der Waals surface area contributed by atoms with Crippen molar-refractivity contribution < 1.29 is 4.42 Å². The molecule has 1 atom stereocenters. The zero-order chi connectivity index (χ0) is 12.8. The first-order valence-electron chi connectivity index (χ1n) is 6.55. The molecule has 0 saturated carbocycles. The highest BCUT2D eigenvalue weighted by atomic mass is 16.3. The lowest BCUT2D eigenvalue weighted by Crippen LogP contribution is -2.16. The third-order valence-electron chi connectivity index (χ3n) is 3.12. The monoisotopic (exact) mass is 247 g/mol. The van der Waals surface area contributed by atoms with Crippen LogP contribution >= 0.6 is 0 Å². The normalized spacial score (nSPS) is 12.8. The molecule has 0 aromatic carbocycles. The van der Waals surface area contributed by atoms with Gasteiger partial charge in [0.1, 0.15) is 5.76 Å². The van der Waals surface area contributed by atoms with E-state index in [-0.39, 0.29) is 0 Å². The van der Waals surface area contributed by atoms with Crippen molar-refractivity contribution in [2.75, 3.05) is 7.05 Å². The zero-order valence-corrected chi connectivity index (χ0v) is 11.1. The Morgan fingerprint density at radius 2 is 2.39 bits per heavy atom. The average molecular weight is 247 g/mol. The minimum atomic E-state index is 0.334. The summed E-state index contributed by atoms with van der Waals surface area (Å²) >= 11 is 0. The van der Waals surface area contributed by atoms with E-state index in [0.29, 0.717) is 6.04 Å². The number of furan rings is 1. The van der Waals surface area contributed by atoms with Crippen LogP contribution in [0, 0.1) is 0 Å². The standard InChI is InChI=1S/C14H21N3O/c1-3-8-17-11-12(10-16-17)14(15-2)7-6-13-5-4-9-18-13/h4-5,9-11,14-15H,3,6-8H2,1-2H3. The smallest absolute Gasteiger partial charge is 0.103 e. The summed E-state index contributed by atoms with van der Waals surface area (Å²) in [7, 11) is 1.99. The first-order chi connectivity index (χ1) is 8.83. The van der Waals surface area contributed by atoms with Crippen molar-refractivity contribution >= 4 is 0 Å². The Morgan fingerprint density at radius 3 is 3.06 bits per heavy atom. The summed E-state index contributed by atoms with van der Waals surface area (Å²) in [6, 6.07) is 4.29. The van der Waals surface area contributed by atoms with E-state index in [0.717, 1.165) is 31.6 Å². The second-order valence-electron chi connectivity index (χ2n) is 4.50. The van der Waals surface area contributed by atoms with E-state index in [1.165, 1.54) is 5.56 Å². The molecule has 2 heterocycles. The molecule has 0 bridgehead atoms. The van der Waals surface area contributed by atoms with Crippen molar-refractivity contribution in [2.24, 2.45) is 0 Å². The van der Waals surface area contributed by atoms with Crippen molar-refractivity contribution in [3.8, 4) is 0 Å². The lowest BCUT2D eigenvalue weighted by atomic mass is 10.1. The lowest BCUT2D eigenvalue weighted by molar-refractivity contribution is 0.469. The Bertz CT molecular complexity index is 447. The molecule has 2 rings (SSSR count). The van der Waals surface area contributed by atoms with Crippen LogP contribution in [-0.2, 0) is 13.0 Å². The molecule has 0 fully saturated rings. The van der Waals surface area contributed by atoms with Crippen molar-refractivity contribution in [3.05, 3.63) is 42.1 Å². The summed E-state index contributed by atoms with van der Waals surface area (Å²) in [6.45, 7) is 3.14. The van der Waals surface area contributed by atoms with Gasteiger partial charge in [0.15, 0.2) is 0 Å². The maximum atomic E-state index is 5.36. The van der Waals surface area contributed by atoms with Crippen LogP contribution in [-0.4, -0.2) is 16.8 Å². The fourth-order valence-corrected chi connectivity index (χ4v) is 2.13. The molecule has 1 unspecified atom stereocenters. The van der Waals surface area contributed by atoms with E-state index in [4.69, 9.17) is 4.42 Å². The van der Waals surface area contributed by atoms with E-state index in [9.17, 15) is 0 Å². The van der Waals surface area contributed by atoms with Gasteiger partial charge in [-0.05, 0) is 32.0 Å². The highest BCUT2D eigenvalue weighted by Gasteiger charge is 2.12. The Morgan fingerprint density at radius 1 is 1.50 bits per heavy atom. The van der Waals surface area contributed by atoms with Crippen molar-refractivity contribution in [1.29, 1.82) is 0 Å². The van der Waals surface area contributed by atoms with Crippen LogP contribution in [0.4, 0.5) is 0 Å². The molecule has 4 nitrogen and oxygen atoms in total. The predicted molar refractivity (Wildman–Crippen MR) is 71.3 cm³/mol. The summed E-state index contributed by atoms with van der Waals surface area (Å²) in [5.74, 6) is 1.04. The van der Waals surface area contributed by atoms with Crippen LogP contribution < -0.4 is 5.32 Å². The van der Waals surface area contributed by atoms with Gasteiger partial charge in [-0.1, -0.05) is 6.92 Å². The van der Waals surface area contributed by atoms with Crippen molar-refractivity contribution in [1.82, 2.24) is 15.1 Å². The van der Waals surface area contributed by atoms with E-state index >= 15 is 0 Å². The van der Waals surface area contributed by atoms with Crippen LogP contribution in [0.15, 0.2) is 35.2 Å². The first kappa shape index (κ1) is 12.9. The molecule has 1 N–H and O–H groups in total. The molecule has 18 heavy (non-hydrogen) atoms. The topological polar surface area (TPSA) is 43.0 Å². The Balaban J connectivity index is 1.94. The Labute approximate surface area is 108 Å². The molecule has 0 amide bonds. The average Bonchev–Trinajstić information content (AvgIpc) is 3.02. The van der Waals surface area contributed by atoms with Gasteiger partial charge in [-0.25, -0.2) is 0 Å². The summed E-state index contributed by atoms with van der Waals surface area (Å²) in [5, 5.41) is 7.71. The largest absolute Gasteiger partial charge is 0.469 e. The Kier molecular flexibility index (Phi) is 4.59. The summed E-state index contributed by atoms with van der Waals surface area (Å²) in [4.78, 5) is 0. The molecule has 0 aliphatic rings. The third-order valence-corrected chi connectivity index (χ3v) is 3.12. The quantitative estimate of drug-likeness (QED) is 0.818. The van der Waals surface area contributed by atoms with E-state index in [2.05, 4.69) is 23.5 Å². The van der Waals surface area contributed by atoms with Crippen LogP contribution in [0.3, 0.4) is 0 Å². The summed E-state index contributed by atoms with van der Waals surface area (Å²) < 4.78 is 7.37. The number of aromatic nitrogens is 2. The zero-order valence-electron chi connectivity index (χ0n) is 11.1. The number of aryl methyl sites for hydroxylation is 2. The molecule has 2 aromatic rings. The molecule has 2 aromatic heterocycles. The maximum Gasteiger partial charge on any atom is 0.103 e. The van der Waals surface area contributed by atoms with Gasteiger partial charge in [-0.2, -0.15) is 5.10 Å². The molecule has 98 valence electrons. The summed E-state index contributed by atoms with van der Waals surface area (Å²) in [5.41, 5.74) is 1.25. The summed E-state index contributed by atoms with van der Waals surface area (Å²) in [6.07, 6.45) is 8.88. The predicted octanol–water partition coefficient (Wildman–Crippen LogP) is 2.78. The molecule has 0 aliphatic carbocycles. The molecule has 4 heteroatoms. The Hall–Kier alpha value is -1.55. The molecule has 0 spiro atoms. The van der Waals surface area contributed by atoms with Gasteiger partial charge < -0.3 is 9.73 Å². The minimum absolute atomic E-state index is 0.334. The molecule has 0 radical (unpaired) electrons. The van der Waals surface area contributed by atoms with Gasteiger partial charge in [-0.15, -0.1) is 0 Å². The van der Waals surface area contributed by atoms with Gasteiger partial charge in [0.2, 0.25) is 0 Å². The van der Waals surface area contributed by atoms with Gasteiger partial charge in [0, 0.05) is 30.8 Å². The molecular formula is C14H21N3O. The molecular weight excluding hydrogens is 226 g/mol. The molecule has 0 aliphatic heterocycles. The van der Waals surface area contributed by atoms with Gasteiger partial charge in [0.25, 0.3) is 0 Å². The van der Waals surface area contributed by atoms with E-state index in [1.807, 2.05) is 30.1 Å². The third kappa shape index (κ3) is 3.23. The van der Waals surface area contributed by atoms with Crippen LogP contribution in [0.2, 0.25) is 0 Å². The van der Waals surface area contributed by atoms with E-state index < -0.39 is 0 Å². The second kappa shape index (κ2) is 6.40. The lowest BCUT2D eigenvalue weighted by Gasteiger charge is -2.13. The SMILES string of the molecule is CCCn1cc(C(CCc2ccco2)NC)cn1. The maximum absolute atomic E-state index is 5.36. The highest BCUT2D eigenvalue weighted by Crippen LogP contribution is 2.18. The van der Waals surface area contributed by atoms with Crippen LogP contribution in [0.1, 0.15) is 37.1 Å². The fourth-order valence-electron chi connectivity index (χ4n) is 2.13. The highest BCUT2D eigenvalue weighted by molar-refractivity contribution is 5.11. The van der Waals surface area contributed by atoms with Gasteiger partial charge in [0.05, 0.1) is 12.5 Å².